The summed E-state index contributed by atoms with van der Waals surface area (Å²) in [6.45, 7) is 1.79. The number of hydrogen-bond donors (Lipinski definition) is 3. The van der Waals surface area contributed by atoms with Crippen LogP contribution >= 0.6 is 0 Å². The van der Waals surface area contributed by atoms with Crippen LogP contribution in [0.3, 0.4) is 0 Å². The second kappa shape index (κ2) is 6.70. The highest BCUT2D eigenvalue weighted by molar-refractivity contribution is 6.03. The summed E-state index contributed by atoms with van der Waals surface area (Å²) in [5.74, 6) is -0.317. The third-order valence-corrected chi connectivity index (χ3v) is 4.65. The number of carbonyl (C=O) groups is 1. The van der Waals surface area contributed by atoms with Crippen LogP contribution < -0.4 is 0 Å². The average Bonchev–Trinajstić information content (AvgIpc) is 3.07. The van der Waals surface area contributed by atoms with Crippen molar-refractivity contribution in [3.63, 3.8) is 0 Å². The van der Waals surface area contributed by atoms with Gasteiger partial charge in [-0.1, -0.05) is 48.5 Å². The number of aliphatic hydroxyl groups is 1. The highest BCUT2D eigenvalue weighted by Crippen LogP contribution is 2.30. The molecule has 0 aliphatic carbocycles. The van der Waals surface area contributed by atoms with Crippen molar-refractivity contribution in [2.45, 2.75) is 13.5 Å². The first-order valence-corrected chi connectivity index (χ1v) is 8.60. The van der Waals surface area contributed by atoms with Crippen molar-refractivity contribution in [1.82, 2.24) is 9.97 Å². The zero-order valence-corrected chi connectivity index (χ0v) is 14.7. The van der Waals surface area contributed by atoms with Gasteiger partial charge in [-0.25, -0.2) is 9.78 Å². The number of carboxylic acids is 1. The highest BCUT2D eigenvalue weighted by Gasteiger charge is 2.15. The van der Waals surface area contributed by atoms with Crippen LogP contribution in [-0.4, -0.2) is 26.2 Å². The maximum atomic E-state index is 11.6. The molecular formula is C22H18N2O3. The molecule has 134 valence electrons. The van der Waals surface area contributed by atoms with E-state index >= 15 is 0 Å². The van der Waals surface area contributed by atoms with Gasteiger partial charge in [0.1, 0.15) is 11.3 Å². The Hall–Kier alpha value is -3.44. The van der Waals surface area contributed by atoms with E-state index in [-0.39, 0.29) is 12.2 Å². The molecule has 0 saturated heterocycles. The molecule has 1 aromatic heterocycles. The van der Waals surface area contributed by atoms with Gasteiger partial charge in [0.2, 0.25) is 0 Å². The molecular weight excluding hydrogens is 340 g/mol. The summed E-state index contributed by atoms with van der Waals surface area (Å²) in [7, 11) is 0. The fourth-order valence-corrected chi connectivity index (χ4v) is 3.35. The van der Waals surface area contributed by atoms with Gasteiger partial charge in [-0.15, -0.1) is 0 Å². The van der Waals surface area contributed by atoms with Crippen molar-refractivity contribution in [3.8, 4) is 22.3 Å². The first-order valence-electron chi connectivity index (χ1n) is 8.60. The van der Waals surface area contributed by atoms with E-state index in [1.54, 1.807) is 13.0 Å². The van der Waals surface area contributed by atoms with E-state index in [1.807, 2.05) is 54.6 Å². The Labute approximate surface area is 156 Å². The van der Waals surface area contributed by atoms with Gasteiger partial charge < -0.3 is 15.2 Å². The van der Waals surface area contributed by atoms with E-state index in [4.69, 9.17) is 0 Å². The smallest absolute Gasteiger partial charge is 0.337 e. The maximum Gasteiger partial charge on any atom is 0.337 e. The van der Waals surface area contributed by atoms with E-state index in [0.29, 0.717) is 16.9 Å². The lowest BCUT2D eigenvalue weighted by Gasteiger charge is -2.09. The van der Waals surface area contributed by atoms with Crippen LogP contribution in [0.2, 0.25) is 0 Å². The standard InChI is InChI=1S/C22H18N2O3/c1-13-23-20-11-17(10-19(22(26)27)21(20)24-13)14-6-8-15(9-7-14)18-5-3-2-4-16(18)12-25/h2-11,25H,12H2,1H3,(H,23,24)(H,26,27). The molecule has 4 aromatic rings. The zero-order chi connectivity index (χ0) is 19.0. The van der Waals surface area contributed by atoms with Gasteiger partial charge in [-0.2, -0.15) is 0 Å². The lowest BCUT2D eigenvalue weighted by Crippen LogP contribution is -1.98. The molecule has 3 N–H and O–H groups in total. The minimum absolute atomic E-state index is 0.0181. The fraction of sp³-hybridized carbons (Fsp3) is 0.0909. The molecule has 0 aliphatic heterocycles. The number of nitrogens with one attached hydrogen (secondary N) is 1. The third kappa shape index (κ3) is 3.09. The molecule has 0 bridgehead atoms. The first-order chi connectivity index (χ1) is 13.1. The molecule has 0 atom stereocenters. The highest BCUT2D eigenvalue weighted by atomic mass is 16.4. The number of imidazole rings is 1. The lowest BCUT2D eigenvalue weighted by molar-refractivity contribution is 0.0699. The number of aromatic carboxylic acids is 1. The number of benzene rings is 3. The van der Waals surface area contributed by atoms with Crippen molar-refractivity contribution in [3.05, 3.63) is 77.6 Å². The molecule has 0 unspecified atom stereocenters. The summed E-state index contributed by atoms with van der Waals surface area (Å²) < 4.78 is 0. The molecule has 27 heavy (non-hydrogen) atoms. The van der Waals surface area contributed by atoms with E-state index in [2.05, 4.69) is 9.97 Å². The van der Waals surface area contributed by atoms with Crippen molar-refractivity contribution < 1.29 is 15.0 Å². The van der Waals surface area contributed by atoms with Gasteiger partial charge in [-0.05, 0) is 46.9 Å². The minimum atomic E-state index is -0.998. The molecule has 3 aromatic carbocycles. The summed E-state index contributed by atoms with van der Waals surface area (Å²) in [5, 5.41) is 19.1. The number of aryl methyl sites for hydroxylation is 1. The molecule has 0 saturated carbocycles. The molecule has 0 fully saturated rings. The van der Waals surface area contributed by atoms with Gasteiger partial charge in [0, 0.05) is 0 Å². The van der Waals surface area contributed by atoms with Gasteiger partial charge in [-0.3, -0.25) is 0 Å². The van der Waals surface area contributed by atoms with Gasteiger partial charge in [0.05, 0.1) is 17.7 Å². The van der Waals surface area contributed by atoms with E-state index < -0.39 is 5.97 Å². The van der Waals surface area contributed by atoms with Crippen molar-refractivity contribution in [1.29, 1.82) is 0 Å². The predicted molar refractivity (Wildman–Crippen MR) is 105 cm³/mol. The monoisotopic (exact) mass is 358 g/mol. The quantitative estimate of drug-likeness (QED) is 0.505. The number of rotatable bonds is 4. The summed E-state index contributed by atoms with van der Waals surface area (Å²) >= 11 is 0. The van der Waals surface area contributed by atoms with Crippen LogP contribution in [0.1, 0.15) is 21.7 Å². The number of aliphatic hydroxyl groups excluding tert-OH is 1. The molecule has 0 spiro atoms. The third-order valence-electron chi connectivity index (χ3n) is 4.65. The summed E-state index contributed by atoms with van der Waals surface area (Å²) in [6.07, 6.45) is 0. The van der Waals surface area contributed by atoms with Crippen molar-refractivity contribution in [2.75, 3.05) is 0 Å². The van der Waals surface area contributed by atoms with Crippen LogP contribution in [0.25, 0.3) is 33.3 Å². The average molecular weight is 358 g/mol. The van der Waals surface area contributed by atoms with Crippen LogP contribution in [-0.2, 0) is 6.61 Å². The summed E-state index contributed by atoms with van der Waals surface area (Å²) in [6, 6.07) is 19.2. The second-order valence-electron chi connectivity index (χ2n) is 6.44. The number of nitrogens with zero attached hydrogens (tertiary/aromatic N) is 1. The number of aromatic amines is 1. The SMILES string of the molecule is Cc1nc2c(C(=O)O)cc(-c3ccc(-c4ccccc4CO)cc3)cc2[nH]1. The largest absolute Gasteiger partial charge is 0.478 e. The van der Waals surface area contributed by atoms with Gasteiger partial charge >= 0.3 is 5.97 Å². The first kappa shape index (κ1) is 17.0. The molecule has 0 radical (unpaired) electrons. The second-order valence-corrected chi connectivity index (χ2v) is 6.44. The fourth-order valence-electron chi connectivity index (χ4n) is 3.35. The molecule has 0 aliphatic rings. The Kier molecular flexibility index (Phi) is 4.22. The number of H-pyrrole nitrogens is 1. The summed E-state index contributed by atoms with van der Waals surface area (Å²) in [5.41, 5.74) is 5.93. The Bertz CT molecular complexity index is 1140. The number of fused-ring (bicyclic) bond motifs is 1. The van der Waals surface area contributed by atoms with E-state index in [9.17, 15) is 15.0 Å². The molecule has 5 nitrogen and oxygen atoms in total. The van der Waals surface area contributed by atoms with Gasteiger partial charge in [0.25, 0.3) is 0 Å². The zero-order valence-electron chi connectivity index (χ0n) is 14.7. The Balaban J connectivity index is 1.79. The van der Waals surface area contributed by atoms with Gasteiger partial charge in [0.15, 0.2) is 0 Å². The predicted octanol–water partition coefficient (Wildman–Crippen LogP) is 4.40. The molecule has 4 rings (SSSR count). The van der Waals surface area contributed by atoms with Crippen LogP contribution in [0.5, 0.6) is 0 Å². The minimum Gasteiger partial charge on any atom is -0.478 e. The van der Waals surface area contributed by atoms with Crippen molar-refractivity contribution >= 4 is 17.0 Å². The maximum absolute atomic E-state index is 11.6. The Morgan fingerprint density at radius 3 is 2.41 bits per heavy atom. The molecule has 5 heteroatoms. The normalized spacial score (nSPS) is 11.0. The van der Waals surface area contributed by atoms with Crippen LogP contribution in [0.15, 0.2) is 60.7 Å². The van der Waals surface area contributed by atoms with Crippen molar-refractivity contribution in [2.24, 2.45) is 0 Å². The Morgan fingerprint density at radius 2 is 1.70 bits per heavy atom. The molecule has 1 heterocycles. The number of carboxylic acid groups (broad SMARTS) is 1. The summed E-state index contributed by atoms with van der Waals surface area (Å²) in [4.78, 5) is 19.0. The van der Waals surface area contributed by atoms with E-state index in [1.165, 1.54) is 0 Å². The molecule has 0 amide bonds. The number of aromatic nitrogens is 2. The van der Waals surface area contributed by atoms with E-state index in [0.717, 1.165) is 27.8 Å². The topological polar surface area (TPSA) is 86.2 Å². The van der Waals surface area contributed by atoms with Crippen LogP contribution in [0.4, 0.5) is 0 Å². The van der Waals surface area contributed by atoms with Crippen LogP contribution in [0, 0.1) is 6.92 Å². The Morgan fingerprint density at radius 1 is 1.00 bits per heavy atom. The number of hydrogen-bond acceptors (Lipinski definition) is 3. The lowest BCUT2D eigenvalue weighted by atomic mass is 9.96.